The van der Waals surface area contributed by atoms with Crippen LogP contribution in [0.3, 0.4) is 0 Å². The van der Waals surface area contributed by atoms with Gasteiger partial charge in [0, 0.05) is 20.8 Å². The van der Waals surface area contributed by atoms with Gasteiger partial charge in [-0.15, -0.1) is 0 Å². The molecule has 0 aliphatic heterocycles. The second kappa shape index (κ2) is 8.17. The molecule has 3 unspecified atom stereocenters. The summed E-state index contributed by atoms with van der Waals surface area (Å²) >= 11 is 0. The van der Waals surface area contributed by atoms with Crippen molar-refractivity contribution in [1.29, 1.82) is 0 Å². The van der Waals surface area contributed by atoms with Crippen LogP contribution < -0.4 is 0 Å². The van der Waals surface area contributed by atoms with Gasteiger partial charge in [0.2, 0.25) is 0 Å². The molecule has 0 rings (SSSR count). The SMILES string of the molecule is CCOC(C)C(OC)OC(C)COC. The highest BCUT2D eigenvalue weighted by molar-refractivity contribution is 4.58. The minimum absolute atomic E-state index is 0.00727. The molecule has 0 fully saturated rings. The lowest BCUT2D eigenvalue weighted by Crippen LogP contribution is -2.35. The summed E-state index contributed by atoms with van der Waals surface area (Å²) in [6, 6.07) is 0. The fraction of sp³-hybridized carbons (Fsp3) is 1.00. The van der Waals surface area contributed by atoms with Crippen molar-refractivity contribution >= 4 is 0 Å². The summed E-state index contributed by atoms with van der Waals surface area (Å²) in [7, 11) is 3.26. The molecule has 0 bridgehead atoms. The second-order valence-corrected chi connectivity index (χ2v) is 3.17. The highest BCUT2D eigenvalue weighted by atomic mass is 16.7. The minimum Gasteiger partial charge on any atom is -0.382 e. The molecule has 86 valence electrons. The molecule has 4 heteroatoms. The molecule has 0 N–H and O–H groups in total. The van der Waals surface area contributed by atoms with E-state index in [0.717, 1.165) is 0 Å². The number of ether oxygens (including phenoxy) is 4. The molecule has 0 aromatic carbocycles. The van der Waals surface area contributed by atoms with E-state index < -0.39 is 0 Å². The molecule has 3 atom stereocenters. The van der Waals surface area contributed by atoms with Crippen molar-refractivity contribution in [3.05, 3.63) is 0 Å². The molecule has 4 nitrogen and oxygen atoms in total. The van der Waals surface area contributed by atoms with Crippen molar-refractivity contribution in [3.8, 4) is 0 Å². The van der Waals surface area contributed by atoms with Crippen LogP contribution in [0.2, 0.25) is 0 Å². The molecular weight excluding hydrogens is 184 g/mol. The number of hydrogen-bond donors (Lipinski definition) is 0. The van der Waals surface area contributed by atoms with Crippen LogP contribution in [0.15, 0.2) is 0 Å². The third-order valence-electron chi connectivity index (χ3n) is 1.81. The van der Waals surface area contributed by atoms with Crippen molar-refractivity contribution in [2.24, 2.45) is 0 Å². The predicted molar refractivity (Wildman–Crippen MR) is 54.3 cm³/mol. The molecule has 0 spiro atoms. The Bertz CT molecular complexity index is 129. The Morgan fingerprint density at radius 2 is 1.79 bits per heavy atom. The lowest BCUT2D eigenvalue weighted by molar-refractivity contribution is -0.213. The van der Waals surface area contributed by atoms with E-state index in [1.807, 2.05) is 20.8 Å². The van der Waals surface area contributed by atoms with Gasteiger partial charge in [0.1, 0.15) is 6.10 Å². The van der Waals surface area contributed by atoms with Gasteiger partial charge in [-0.3, -0.25) is 0 Å². The Hall–Kier alpha value is -0.160. The van der Waals surface area contributed by atoms with Crippen LogP contribution in [0.25, 0.3) is 0 Å². The Kier molecular flexibility index (Phi) is 8.08. The molecule has 0 heterocycles. The normalized spacial score (nSPS) is 17.8. The largest absolute Gasteiger partial charge is 0.382 e. The van der Waals surface area contributed by atoms with Gasteiger partial charge in [0.25, 0.3) is 0 Å². The molecule has 0 aliphatic rings. The van der Waals surface area contributed by atoms with E-state index in [1.165, 1.54) is 0 Å². The van der Waals surface area contributed by atoms with Gasteiger partial charge < -0.3 is 18.9 Å². The van der Waals surface area contributed by atoms with Gasteiger partial charge in [-0.1, -0.05) is 0 Å². The van der Waals surface area contributed by atoms with Crippen LogP contribution in [0.1, 0.15) is 20.8 Å². The molecule has 0 aliphatic carbocycles. The van der Waals surface area contributed by atoms with Crippen molar-refractivity contribution < 1.29 is 18.9 Å². The fourth-order valence-electron chi connectivity index (χ4n) is 1.20. The smallest absolute Gasteiger partial charge is 0.183 e. The first kappa shape index (κ1) is 13.8. The standard InChI is InChI=1S/C10H22O4/c1-6-13-9(3)10(12-5)14-8(2)7-11-4/h8-10H,6-7H2,1-5H3. The van der Waals surface area contributed by atoms with E-state index in [-0.39, 0.29) is 18.5 Å². The first-order valence-electron chi connectivity index (χ1n) is 4.94. The highest BCUT2D eigenvalue weighted by Gasteiger charge is 2.19. The van der Waals surface area contributed by atoms with E-state index in [4.69, 9.17) is 18.9 Å². The highest BCUT2D eigenvalue weighted by Crippen LogP contribution is 2.08. The number of methoxy groups -OCH3 is 2. The first-order chi connectivity index (χ1) is 6.65. The summed E-state index contributed by atoms with van der Waals surface area (Å²) < 4.78 is 21.1. The number of rotatable bonds is 8. The van der Waals surface area contributed by atoms with E-state index in [2.05, 4.69) is 0 Å². The van der Waals surface area contributed by atoms with Crippen LogP contribution in [0.5, 0.6) is 0 Å². The molecule has 14 heavy (non-hydrogen) atoms. The van der Waals surface area contributed by atoms with Crippen molar-refractivity contribution in [3.63, 3.8) is 0 Å². The van der Waals surface area contributed by atoms with E-state index in [9.17, 15) is 0 Å². The zero-order valence-electron chi connectivity index (χ0n) is 9.78. The summed E-state index contributed by atoms with van der Waals surface area (Å²) in [5.74, 6) is 0. The van der Waals surface area contributed by atoms with Gasteiger partial charge in [0.05, 0.1) is 12.7 Å². The van der Waals surface area contributed by atoms with E-state index in [0.29, 0.717) is 13.2 Å². The fourth-order valence-corrected chi connectivity index (χ4v) is 1.20. The minimum atomic E-state index is -0.333. The van der Waals surface area contributed by atoms with Gasteiger partial charge in [0.15, 0.2) is 6.29 Å². The molecule has 0 aromatic rings. The van der Waals surface area contributed by atoms with Crippen LogP contribution in [0, 0.1) is 0 Å². The number of hydrogen-bond acceptors (Lipinski definition) is 4. The van der Waals surface area contributed by atoms with Gasteiger partial charge in [-0.25, -0.2) is 0 Å². The Balaban J connectivity index is 3.87. The third-order valence-corrected chi connectivity index (χ3v) is 1.81. The lowest BCUT2D eigenvalue weighted by Gasteiger charge is -2.25. The second-order valence-electron chi connectivity index (χ2n) is 3.17. The van der Waals surface area contributed by atoms with E-state index in [1.54, 1.807) is 14.2 Å². The van der Waals surface area contributed by atoms with Gasteiger partial charge in [-0.2, -0.15) is 0 Å². The molecule has 0 radical (unpaired) electrons. The third kappa shape index (κ3) is 5.54. The Labute approximate surface area is 86.5 Å². The molecule has 0 aromatic heterocycles. The maximum atomic E-state index is 5.58. The zero-order valence-corrected chi connectivity index (χ0v) is 9.78. The van der Waals surface area contributed by atoms with Crippen LogP contribution in [0.4, 0.5) is 0 Å². The molecule has 0 amide bonds. The molecule has 0 saturated heterocycles. The summed E-state index contributed by atoms with van der Waals surface area (Å²) in [4.78, 5) is 0. The summed E-state index contributed by atoms with van der Waals surface area (Å²) in [6.07, 6.45) is -0.391. The quantitative estimate of drug-likeness (QED) is 0.563. The van der Waals surface area contributed by atoms with Crippen molar-refractivity contribution in [2.75, 3.05) is 27.4 Å². The Morgan fingerprint density at radius 1 is 1.14 bits per heavy atom. The lowest BCUT2D eigenvalue weighted by atomic mass is 10.3. The van der Waals surface area contributed by atoms with E-state index >= 15 is 0 Å². The topological polar surface area (TPSA) is 36.9 Å². The summed E-state index contributed by atoms with van der Waals surface area (Å²) in [5, 5.41) is 0. The monoisotopic (exact) mass is 206 g/mol. The molecular formula is C10H22O4. The average Bonchev–Trinajstić information content (AvgIpc) is 2.15. The van der Waals surface area contributed by atoms with Crippen LogP contribution in [-0.4, -0.2) is 45.9 Å². The summed E-state index contributed by atoms with van der Waals surface area (Å²) in [6.45, 7) is 7.02. The van der Waals surface area contributed by atoms with Gasteiger partial charge >= 0.3 is 0 Å². The van der Waals surface area contributed by atoms with Gasteiger partial charge in [-0.05, 0) is 20.8 Å². The first-order valence-corrected chi connectivity index (χ1v) is 4.94. The van der Waals surface area contributed by atoms with Crippen molar-refractivity contribution in [2.45, 2.75) is 39.3 Å². The predicted octanol–water partition coefficient (Wildman–Crippen LogP) is 1.44. The molecule has 0 saturated carbocycles. The van der Waals surface area contributed by atoms with Crippen molar-refractivity contribution in [1.82, 2.24) is 0 Å². The maximum absolute atomic E-state index is 5.58. The maximum Gasteiger partial charge on any atom is 0.183 e. The van der Waals surface area contributed by atoms with Crippen LogP contribution in [-0.2, 0) is 18.9 Å². The summed E-state index contributed by atoms with van der Waals surface area (Å²) in [5.41, 5.74) is 0. The average molecular weight is 206 g/mol. The Morgan fingerprint density at radius 3 is 2.21 bits per heavy atom. The zero-order chi connectivity index (χ0) is 11.0. The van der Waals surface area contributed by atoms with Crippen LogP contribution >= 0.6 is 0 Å².